The van der Waals surface area contributed by atoms with Crippen molar-refractivity contribution in [2.24, 2.45) is 0 Å². The number of carbonyl (C=O) groups is 1. The Labute approximate surface area is 324 Å². The number of benzene rings is 5. The van der Waals surface area contributed by atoms with Gasteiger partial charge in [-0.1, -0.05) is 72.8 Å². The van der Waals surface area contributed by atoms with Crippen molar-refractivity contribution in [3.05, 3.63) is 166 Å². The van der Waals surface area contributed by atoms with Gasteiger partial charge in [-0.15, -0.1) is 0 Å². The number of nitrogens with zero attached hydrogens (tertiary/aromatic N) is 5. The van der Waals surface area contributed by atoms with Crippen molar-refractivity contribution in [3.8, 4) is 11.1 Å². The number of hydrogen-bond donors (Lipinski definition) is 2. The van der Waals surface area contributed by atoms with Gasteiger partial charge in [-0.2, -0.15) is 0 Å². The summed E-state index contributed by atoms with van der Waals surface area (Å²) in [6.45, 7) is 4.32. The molecule has 12 nitrogen and oxygen atoms in total. The second-order valence-electron chi connectivity index (χ2n) is 14.2. The van der Waals surface area contributed by atoms with Crippen molar-refractivity contribution in [1.82, 2.24) is 20.2 Å². The number of hydrogen-bond acceptors (Lipinski definition) is 10. The zero-order valence-corrected chi connectivity index (χ0v) is 30.7. The van der Waals surface area contributed by atoms with E-state index in [2.05, 4.69) is 43.3 Å². The van der Waals surface area contributed by atoms with Crippen LogP contribution >= 0.6 is 0 Å². The molecule has 0 unspecified atom stereocenters. The Kier molecular flexibility index (Phi) is 11.0. The number of rotatable bonds is 11. The number of amides is 1. The number of carbonyl (C=O) groups excluding carboxylic acids is 1. The molecular formula is C44H42N6O6. The Morgan fingerprint density at radius 2 is 1.54 bits per heavy atom. The molecule has 12 heteroatoms. The number of piperazine rings is 1. The quantitative estimate of drug-likeness (QED) is 0.105. The maximum Gasteiger partial charge on any atom is 0.271 e. The fourth-order valence-corrected chi connectivity index (χ4v) is 7.36. The van der Waals surface area contributed by atoms with E-state index in [1.807, 2.05) is 91.0 Å². The molecular weight excluding hydrogens is 709 g/mol. The number of para-hydroxylation sites is 2. The first kappa shape index (κ1) is 36.9. The average Bonchev–Trinajstić information content (AvgIpc) is 3.25. The number of anilines is 1. The highest BCUT2D eigenvalue weighted by Crippen LogP contribution is 2.39. The van der Waals surface area contributed by atoms with Crippen LogP contribution in [0.2, 0.25) is 0 Å². The van der Waals surface area contributed by atoms with Gasteiger partial charge < -0.3 is 24.8 Å². The second kappa shape index (κ2) is 16.8. The highest BCUT2D eigenvalue weighted by molar-refractivity contribution is 5.93. The van der Waals surface area contributed by atoms with E-state index in [1.165, 1.54) is 6.20 Å². The lowest BCUT2D eigenvalue weighted by molar-refractivity contribution is -0.384. The molecule has 2 aliphatic heterocycles. The van der Waals surface area contributed by atoms with Crippen LogP contribution in [-0.2, 0) is 22.6 Å². The van der Waals surface area contributed by atoms with Gasteiger partial charge in [0.05, 0.1) is 41.0 Å². The third-order valence-electron chi connectivity index (χ3n) is 10.4. The molecule has 1 aromatic heterocycles. The van der Waals surface area contributed by atoms with Crippen LogP contribution in [0, 0.1) is 10.1 Å². The summed E-state index contributed by atoms with van der Waals surface area (Å²) in [4.78, 5) is 37.2. The summed E-state index contributed by atoms with van der Waals surface area (Å²) in [7, 11) is 0. The number of nitrogens with one attached hydrogen (secondary N) is 1. The Bertz CT molecular complexity index is 2310. The number of non-ortho nitro benzene ring substituents is 1. The monoisotopic (exact) mass is 750 g/mol. The summed E-state index contributed by atoms with van der Waals surface area (Å²) in [6, 6.07) is 38.4. The van der Waals surface area contributed by atoms with E-state index in [0.717, 1.165) is 77.3 Å². The maximum atomic E-state index is 13.0. The molecule has 3 heterocycles. The van der Waals surface area contributed by atoms with Gasteiger partial charge in [-0.05, 0) is 64.2 Å². The molecule has 1 amide bonds. The molecule has 6 aromatic rings. The predicted molar refractivity (Wildman–Crippen MR) is 213 cm³/mol. The number of ether oxygens (including phenoxy) is 2. The van der Waals surface area contributed by atoms with E-state index < -0.39 is 6.29 Å². The van der Waals surface area contributed by atoms with Gasteiger partial charge in [0.25, 0.3) is 11.6 Å². The van der Waals surface area contributed by atoms with Gasteiger partial charge in [0, 0.05) is 69.1 Å². The minimum absolute atomic E-state index is 0.0223. The van der Waals surface area contributed by atoms with Gasteiger partial charge in [-0.25, -0.2) is 4.98 Å². The van der Waals surface area contributed by atoms with Gasteiger partial charge >= 0.3 is 0 Å². The number of aromatic nitrogens is 2. The second-order valence-corrected chi connectivity index (χ2v) is 14.2. The van der Waals surface area contributed by atoms with E-state index >= 15 is 0 Å². The molecule has 2 N–H and O–H groups in total. The lowest BCUT2D eigenvalue weighted by atomic mass is 9.98. The Morgan fingerprint density at radius 3 is 2.29 bits per heavy atom. The van der Waals surface area contributed by atoms with Crippen molar-refractivity contribution in [3.63, 3.8) is 0 Å². The largest absolute Gasteiger partial charge is 0.392 e. The summed E-state index contributed by atoms with van der Waals surface area (Å²) in [5, 5.41) is 23.7. The zero-order valence-electron chi connectivity index (χ0n) is 30.7. The van der Waals surface area contributed by atoms with E-state index in [1.54, 1.807) is 12.1 Å². The molecule has 2 fully saturated rings. The molecule has 284 valence electrons. The van der Waals surface area contributed by atoms with Crippen molar-refractivity contribution in [1.29, 1.82) is 0 Å². The first-order valence-corrected chi connectivity index (χ1v) is 18.8. The van der Waals surface area contributed by atoms with E-state index in [4.69, 9.17) is 9.47 Å². The standard InChI is InChI=1S/C44H42N6O6/c51-29-30-11-13-32(14-12-30)42-25-38(28-48-19-21-49(22-20-48)36-15-17-37(18-16-36)50(53)54)55-44(56-42)35-8-4-7-34(24-35)33-6-3-5-31(23-33)26-46-43(52)41-27-45-39-9-1-2-10-40(39)47-41/h1-18,23-24,27,38,42,44,51H,19-22,25-26,28-29H2,(H,46,52)/t38-,42+,44+/m1/s1. The van der Waals surface area contributed by atoms with Crippen molar-refractivity contribution >= 4 is 28.3 Å². The molecule has 2 aliphatic rings. The Balaban J connectivity index is 0.954. The van der Waals surface area contributed by atoms with Crippen LogP contribution < -0.4 is 10.2 Å². The summed E-state index contributed by atoms with van der Waals surface area (Å²) < 4.78 is 13.4. The number of aliphatic hydroxyl groups excluding tert-OH is 1. The molecule has 0 aliphatic carbocycles. The third kappa shape index (κ3) is 8.59. The minimum atomic E-state index is -0.608. The molecule has 5 aromatic carbocycles. The minimum Gasteiger partial charge on any atom is -0.392 e. The van der Waals surface area contributed by atoms with E-state index in [0.29, 0.717) is 18.5 Å². The van der Waals surface area contributed by atoms with Crippen LogP contribution in [0.25, 0.3) is 22.2 Å². The smallest absolute Gasteiger partial charge is 0.271 e. The summed E-state index contributed by atoms with van der Waals surface area (Å²) in [5.74, 6) is -0.288. The Morgan fingerprint density at radius 1 is 0.804 bits per heavy atom. The summed E-state index contributed by atoms with van der Waals surface area (Å²) >= 11 is 0. The third-order valence-corrected chi connectivity index (χ3v) is 10.4. The lowest BCUT2D eigenvalue weighted by Gasteiger charge is -2.41. The van der Waals surface area contributed by atoms with Crippen molar-refractivity contribution in [2.45, 2.75) is 38.1 Å². The van der Waals surface area contributed by atoms with Crippen LogP contribution in [0.1, 0.15) is 51.6 Å². The molecule has 0 radical (unpaired) electrons. The van der Waals surface area contributed by atoms with Crippen LogP contribution in [0.4, 0.5) is 11.4 Å². The highest BCUT2D eigenvalue weighted by Gasteiger charge is 2.34. The molecule has 0 saturated carbocycles. The van der Waals surface area contributed by atoms with Gasteiger partial charge in [0.15, 0.2) is 6.29 Å². The van der Waals surface area contributed by atoms with Crippen molar-refractivity contribution in [2.75, 3.05) is 37.6 Å². The predicted octanol–water partition coefficient (Wildman–Crippen LogP) is 6.99. The topological polar surface area (TPSA) is 143 Å². The average molecular weight is 751 g/mol. The van der Waals surface area contributed by atoms with E-state index in [-0.39, 0.29) is 41.0 Å². The number of nitro groups is 1. The molecule has 3 atom stereocenters. The molecule has 2 saturated heterocycles. The molecule has 56 heavy (non-hydrogen) atoms. The number of fused-ring (bicyclic) bond motifs is 1. The van der Waals surface area contributed by atoms with Crippen LogP contribution in [-0.4, -0.2) is 69.6 Å². The zero-order chi connectivity index (χ0) is 38.4. The van der Waals surface area contributed by atoms with Gasteiger partial charge in [0.2, 0.25) is 0 Å². The lowest BCUT2D eigenvalue weighted by Crippen LogP contribution is -2.49. The summed E-state index contributed by atoms with van der Waals surface area (Å²) in [6.07, 6.45) is 1.25. The SMILES string of the molecule is O=C(NCc1cccc(-c2cccc([C@H]3O[C@@H](CN4CCN(c5ccc([N+](=O)[O-])cc5)CC4)C[C@@H](c4ccc(CO)cc4)O3)c2)c1)c1cnc2ccccc2n1. The van der Waals surface area contributed by atoms with Crippen LogP contribution in [0.15, 0.2) is 128 Å². The fraction of sp³-hybridized carbons (Fsp3) is 0.250. The number of aliphatic hydroxyl groups is 1. The molecule has 0 bridgehead atoms. The fourth-order valence-electron chi connectivity index (χ4n) is 7.36. The number of nitro benzene ring substituents is 1. The Hall–Kier alpha value is -6.05. The van der Waals surface area contributed by atoms with Gasteiger partial charge in [0.1, 0.15) is 5.69 Å². The van der Waals surface area contributed by atoms with E-state index in [9.17, 15) is 20.0 Å². The normalized spacial score (nSPS) is 18.8. The maximum absolute atomic E-state index is 13.0. The van der Waals surface area contributed by atoms with Crippen LogP contribution in [0.3, 0.4) is 0 Å². The highest BCUT2D eigenvalue weighted by atomic mass is 16.7. The molecule has 0 spiro atoms. The molecule has 8 rings (SSSR count). The van der Waals surface area contributed by atoms with Crippen molar-refractivity contribution < 1.29 is 24.3 Å². The van der Waals surface area contributed by atoms with Crippen LogP contribution in [0.5, 0.6) is 0 Å². The summed E-state index contributed by atoms with van der Waals surface area (Å²) in [5.41, 5.74) is 8.47. The first-order valence-electron chi connectivity index (χ1n) is 18.8. The first-order chi connectivity index (χ1) is 27.4. The van der Waals surface area contributed by atoms with Gasteiger partial charge in [-0.3, -0.25) is 24.8 Å².